The zero-order valence-electron chi connectivity index (χ0n) is 20.1. The van der Waals surface area contributed by atoms with Crippen molar-refractivity contribution in [1.29, 1.82) is 0 Å². The zero-order chi connectivity index (χ0) is 28.2. The summed E-state index contributed by atoms with van der Waals surface area (Å²) in [5, 5.41) is 37.6. The second kappa shape index (κ2) is 11.0. The highest BCUT2D eigenvalue weighted by Crippen LogP contribution is 2.32. The summed E-state index contributed by atoms with van der Waals surface area (Å²) in [7, 11) is 0. The monoisotopic (exact) mass is 560 g/mol. The highest BCUT2D eigenvalue weighted by Gasteiger charge is 2.20. The van der Waals surface area contributed by atoms with Crippen molar-refractivity contribution in [1.82, 2.24) is 15.0 Å². The molecule has 0 saturated carbocycles. The van der Waals surface area contributed by atoms with Gasteiger partial charge in [-0.25, -0.2) is 9.97 Å². The lowest BCUT2D eigenvalue weighted by Crippen LogP contribution is -2.16. The smallest absolute Gasteiger partial charge is 0.433 e. The predicted octanol–water partition coefficient (Wildman–Crippen LogP) is 5.82. The Bertz CT molecular complexity index is 1750. The van der Waals surface area contributed by atoms with Crippen LogP contribution in [-0.4, -0.2) is 36.0 Å². The summed E-state index contributed by atoms with van der Waals surface area (Å²) in [6, 6.07) is 14.9. The Hall–Kier alpha value is -5.63. The van der Waals surface area contributed by atoms with Crippen LogP contribution in [0.2, 0.25) is 0 Å². The number of amides is 1. The van der Waals surface area contributed by atoms with Crippen molar-refractivity contribution in [3.05, 3.63) is 99.4 Å². The number of carbonyl (C=O) groups excluding carboxylic acids is 1. The highest BCUT2D eigenvalue weighted by atomic mass is 32.1. The number of halogens is 1. The summed E-state index contributed by atoms with van der Waals surface area (Å²) in [5.41, 5.74) is 0.454. The van der Waals surface area contributed by atoms with Gasteiger partial charge in [0.2, 0.25) is 5.95 Å². The summed E-state index contributed by atoms with van der Waals surface area (Å²) >= 11 is 1.12. The molecule has 3 heterocycles. The van der Waals surface area contributed by atoms with Crippen LogP contribution < -0.4 is 10.6 Å². The Kier molecular flexibility index (Phi) is 7.15. The van der Waals surface area contributed by atoms with E-state index in [1.165, 1.54) is 60.0 Å². The molecule has 0 radical (unpaired) electrons. The summed E-state index contributed by atoms with van der Waals surface area (Å²) in [6.07, 6.45) is 2.60. The maximum Gasteiger partial charge on any atom is 0.433 e. The molecule has 0 aliphatic heterocycles. The van der Waals surface area contributed by atoms with Crippen LogP contribution in [0.4, 0.5) is 27.5 Å². The van der Waals surface area contributed by atoms with Crippen LogP contribution in [0.15, 0.2) is 70.5 Å². The minimum atomic E-state index is -1.08. The van der Waals surface area contributed by atoms with Gasteiger partial charge in [0.05, 0.1) is 11.6 Å². The molecule has 0 fully saturated rings. The summed E-state index contributed by atoms with van der Waals surface area (Å²) in [5.74, 6) is -2.42. The van der Waals surface area contributed by atoms with Gasteiger partial charge in [-0.1, -0.05) is 12.1 Å². The van der Waals surface area contributed by atoms with Gasteiger partial charge in [-0.3, -0.25) is 14.9 Å². The quantitative estimate of drug-likeness (QED) is 0.0783. The van der Waals surface area contributed by atoms with Gasteiger partial charge in [0.25, 0.3) is 5.91 Å². The number of aromatic hydroxyl groups is 2. The number of aromatic nitrogens is 3. The van der Waals surface area contributed by atoms with Crippen LogP contribution >= 0.6 is 11.3 Å². The standard InChI is InChI=1S/C26H17FN6O6S/c27-23-22(32-25(36)18-13-40-26(29-18)17-3-1-2-4-19(17)35)24(28-14-5-7-15(34)8-6-14)31-20(30-23)11-9-16-10-12-21(39-16)33(37)38/h1-13,34-35H,(H,32,36)(H,28,30,31)/b11-9+. The second-order valence-electron chi connectivity index (χ2n) is 8.04. The molecule has 1 amide bonds. The number of nitrogens with zero attached hydrogens (tertiary/aromatic N) is 4. The Morgan fingerprint density at radius 2 is 1.80 bits per heavy atom. The fourth-order valence-corrected chi connectivity index (χ4v) is 4.26. The third-order valence-electron chi connectivity index (χ3n) is 5.31. The van der Waals surface area contributed by atoms with E-state index in [4.69, 9.17) is 4.42 Å². The molecular formula is C26H17FN6O6S. The molecule has 0 aliphatic carbocycles. The number of benzene rings is 2. The van der Waals surface area contributed by atoms with Crippen molar-refractivity contribution in [2.45, 2.75) is 0 Å². The van der Waals surface area contributed by atoms with Crippen LogP contribution in [0.1, 0.15) is 22.1 Å². The van der Waals surface area contributed by atoms with Crippen molar-refractivity contribution in [3.63, 3.8) is 0 Å². The molecule has 0 atom stereocenters. The van der Waals surface area contributed by atoms with Crippen molar-refractivity contribution in [2.24, 2.45) is 0 Å². The number of anilines is 3. The van der Waals surface area contributed by atoms with Crippen LogP contribution in [-0.2, 0) is 0 Å². The number of furan rings is 1. The Morgan fingerprint density at radius 3 is 2.52 bits per heavy atom. The number of thiazole rings is 1. The van der Waals surface area contributed by atoms with Crippen LogP contribution in [0.3, 0.4) is 0 Å². The molecule has 40 heavy (non-hydrogen) atoms. The molecule has 14 heteroatoms. The topological polar surface area (TPSA) is 177 Å². The van der Waals surface area contributed by atoms with Gasteiger partial charge in [-0.2, -0.15) is 9.37 Å². The molecule has 0 saturated heterocycles. The number of carbonyl (C=O) groups is 1. The number of phenols is 2. The summed E-state index contributed by atoms with van der Waals surface area (Å²) in [4.78, 5) is 35.4. The molecule has 0 unspecified atom stereocenters. The Balaban J connectivity index is 1.45. The zero-order valence-corrected chi connectivity index (χ0v) is 20.9. The number of nitrogens with one attached hydrogen (secondary N) is 2. The first kappa shape index (κ1) is 26.0. The minimum Gasteiger partial charge on any atom is -0.508 e. The van der Waals surface area contributed by atoms with Gasteiger partial charge in [0, 0.05) is 11.1 Å². The van der Waals surface area contributed by atoms with E-state index in [1.807, 2.05) is 0 Å². The molecule has 4 N–H and O–H groups in total. The molecule has 3 aromatic heterocycles. The van der Waals surface area contributed by atoms with Gasteiger partial charge in [-0.05, 0) is 54.6 Å². The largest absolute Gasteiger partial charge is 0.508 e. The van der Waals surface area contributed by atoms with Gasteiger partial charge < -0.3 is 25.3 Å². The number of rotatable bonds is 8. The van der Waals surface area contributed by atoms with E-state index in [2.05, 4.69) is 25.6 Å². The van der Waals surface area contributed by atoms with E-state index in [0.29, 0.717) is 16.3 Å². The number of hydrogen-bond acceptors (Lipinski definition) is 11. The van der Waals surface area contributed by atoms with E-state index in [1.54, 1.807) is 18.2 Å². The highest BCUT2D eigenvalue weighted by molar-refractivity contribution is 7.13. The lowest BCUT2D eigenvalue weighted by atomic mass is 10.2. The summed E-state index contributed by atoms with van der Waals surface area (Å²) < 4.78 is 20.3. The molecule has 5 aromatic rings. The molecule has 2 aromatic carbocycles. The summed E-state index contributed by atoms with van der Waals surface area (Å²) in [6.45, 7) is 0. The van der Waals surface area contributed by atoms with Crippen molar-refractivity contribution in [3.8, 4) is 22.1 Å². The van der Waals surface area contributed by atoms with Crippen molar-refractivity contribution in [2.75, 3.05) is 10.6 Å². The fraction of sp³-hybridized carbons (Fsp3) is 0. The number of para-hydroxylation sites is 1. The van der Waals surface area contributed by atoms with E-state index in [-0.39, 0.29) is 40.3 Å². The molecule has 5 rings (SSSR count). The maximum atomic E-state index is 15.3. The first-order valence-corrected chi connectivity index (χ1v) is 12.3. The third kappa shape index (κ3) is 5.76. The van der Waals surface area contributed by atoms with Crippen LogP contribution in [0, 0.1) is 16.1 Å². The maximum absolute atomic E-state index is 15.3. The predicted molar refractivity (Wildman–Crippen MR) is 145 cm³/mol. The normalized spacial score (nSPS) is 11.0. The SMILES string of the molecule is O=C(Nc1c(F)nc(/C=C/c2ccc([N+](=O)[O-])o2)nc1Nc1ccc(O)cc1)c1csc(-c2ccccc2O)n1. The molecule has 12 nitrogen and oxygen atoms in total. The lowest BCUT2D eigenvalue weighted by molar-refractivity contribution is -0.402. The number of hydrogen-bond donors (Lipinski definition) is 4. The van der Waals surface area contributed by atoms with Gasteiger partial charge in [0.1, 0.15) is 38.6 Å². The average molecular weight is 561 g/mol. The third-order valence-corrected chi connectivity index (χ3v) is 6.19. The molecule has 0 bridgehead atoms. The van der Waals surface area contributed by atoms with E-state index >= 15 is 4.39 Å². The first-order valence-electron chi connectivity index (χ1n) is 11.4. The van der Waals surface area contributed by atoms with E-state index in [0.717, 1.165) is 11.3 Å². The Morgan fingerprint density at radius 1 is 1.02 bits per heavy atom. The van der Waals surface area contributed by atoms with Gasteiger partial charge >= 0.3 is 5.88 Å². The van der Waals surface area contributed by atoms with Gasteiger partial charge in [-0.15, -0.1) is 11.3 Å². The van der Waals surface area contributed by atoms with Crippen LogP contribution in [0.5, 0.6) is 11.5 Å². The minimum absolute atomic E-state index is 0.00330. The van der Waals surface area contributed by atoms with E-state index < -0.39 is 22.7 Å². The van der Waals surface area contributed by atoms with E-state index in [9.17, 15) is 25.1 Å². The molecular weight excluding hydrogens is 543 g/mol. The fourth-order valence-electron chi connectivity index (χ4n) is 3.43. The van der Waals surface area contributed by atoms with Gasteiger partial charge in [0.15, 0.2) is 11.6 Å². The van der Waals surface area contributed by atoms with Crippen LogP contribution in [0.25, 0.3) is 22.7 Å². The van der Waals surface area contributed by atoms with Crippen molar-refractivity contribution < 1.29 is 28.7 Å². The Labute approximate surface area is 228 Å². The first-order chi connectivity index (χ1) is 19.3. The number of phenolic OH excluding ortho intramolecular Hbond substituents is 2. The second-order valence-corrected chi connectivity index (χ2v) is 8.90. The van der Waals surface area contributed by atoms with Crippen molar-refractivity contribution >= 4 is 52.5 Å². The molecule has 0 aliphatic rings. The molecule has 200 valence electrons. The lowest BCUT2D eigenvalue weighted by Gasteiger charge is -2.13. The number of nitro groups is 1. The molecule has 0 spiro atoms. The average Bonchev–Trinajstić information content (AvgIpc) is 3.61.